The average Bonchev–Trinajstić information content (AvgIpc) is 2.80. The maximum atomic E-state index is 14.2. The number of aliphatic hydroxyl groups is 1. The zero-order valence-corrected chi connectivity index (χ0v) is 18.0. The molecule has 0 aliphatic carbocycles. The zero-order valence-electron chi connectivity index (χ0n) is 23.2. The molecule has 0 amide bonds. The molecule has 1 heterocycles. The molecule has 0 radical (unpaired) electrons. The van der Waals surface area contributed by atoms with Gasteiger partial charge in [-0.05, 0) is 44.1 Å². The molecule has 10 heteroatoms. The number of methoxy groups -OCH3 is 1. The second kappa shape index (κ2) is 9.38. The SMILES string of the molecule is [2H]C([2H])([2H])N(CC1CN(S(=O)(=O)Cc2cc(F)c(F)cc2F)CCC1(O)c1cccc(OC)c1)C([2H])([2H])[2H]. The number of sulfonamides is 1. The minimum Gasteiger partial charge on any atom is -0.497 e. The van der Waals surface area contributed by atoms with Crippen molar-refractivity contribution >= 4 is 10.0 Å². The third-order valence-electron chi connectivity index (χ3n) is 5.63. The second-order valence-electron chi connectivity index (χ2n) is 7.69. The van der Waals surface area contributed by atoms with Gasteiger partial charge in [-0.2, -0.15) is 0 Å². The van der Waals surface area contributed by atoms with Crippen molar-refractivity contribution in [2.24, 2.45) is 5.92 Å². The fourth-order valence-electron chi connectivity index (χ4n) is 3.90. The predicted molar refractivity (Wildman–Crippen MR) is 114 cm³/mol. The Labute approximate surface area is 194 Å². The van der Waals surface area contributed by atoms with Crippen LogP contribution in [0.5, 0.6) is 5.75 Å². The molecule has 1 saturated heterocycles. The van der Waals surface area contributed by atoms with Gasteiger partial charge in [-0.1, -0.05) is 12.1 Å². The molecule has 2 aromatic carbocycles. The Balaban J connectivity index is 2.01. The van der Waals surface area contributed by atoms with Crippen LogP contribution in [-0.2, 0) is 21.4 Å². The number of halogens is 3. The van der Waals surface area contributed by atoms with Gasteiger partial charge in [-0.15, -0.1) is 0 Å². The molecule has 1 fully saturated rings. The number of benzene rings is 2. The largest absolute Gasteiger partial charge is 0.497 e. The Morgan fingerprint density at radius 2 is 1.94 bits per heavy atom. The van der Waals surface area contributed by atoms with Crippen LogP contribution in [-0.4, -0.2) is 63.4 Å². The first-order valence-electron chi connectivity index (χ1n) is 12.6. The third kappa shape index (κ3) is 5.09. The molecule has 176 valence electrons. The molecule has 2 atom stereocenters. The summed E-state index contributed by atoms with van der Waals surface area (Å²) in [6.45, 7) is -7.83. The highest BCUT2D eigenvalue weighted by molar-refractivity contribution is 7.88. The van der Waals surface area contributed by atoms with Gasteiger partial charge in [0.2, 0.25) is 10.0 Å². The van der Waals surface area contributed by atoms with Crippen molar-refractivity contribution in [1.82, 2.24) is 9.21 Å². The van der Waals surface area contributed by atoms with Crippen LogP contribution >= 0.6 is 0 Å². The van der Waals surface area contributed by atoms with Crippen LogP contribution in [0.1, 0.15) is 25.8 Å². The van der Waals surface area contributed by atoms with Crippen molar-refractivity contribution in [3.8, 4) is 5.75 Å². The highest BCUT2D eigenvalue weighted by Crippen LogP contribution is 2.40. The summed E-state index contributed by atoms with van der Waals surface area (Å²) in [6.07, 6.45) is -0.278. The summed E-state index contributed by atoms with van der Waals surface area (Å²) in [5.41, 5.74) is -2.25. The van der Waals surface area contributed by atoms with Gasteiger partial charge in [0.15, 0.2) is 11.6 Å². The van der Waals surface area contributed by atoms with E-state index in [1.54, 1.807) is 12.1 Å². The minimum atomic E-state index is -4.40. The van der Waals surface area contributed by atoms with Crippen molar-refractivity contribution in [3.05, 3.63) is 65.0 Å². The molecule has 0 saturated carbocycles. The summed E-state index contributed by atoms with van der Waals surface area (Å²) in [5, 5.41) is 11.8. The molecular weight excluding hydrogens is 445 g/mol. The quantitative estimate of drug-likeness (QED) is 0.620. The van der Waals surface area contributed by atoms with E-state index in [0.29, 0.717) is 11.8 Å². The Kier molecular flexibility index (Phi) is 5.09. The predicted octanol–water partition coefficient (Wildman–Crippen LogP) is 2.71. The number of nitrogens with zero attached hydrogens (tertiary/aromatic N) is 2. The zero-order chi connectivity index (χ0) is 28.7. The van der Waals surface area contributed by atoms with Crippen LogP contribution in [0.2, 0.25) is 0 Å². The first kappa shape index (κ1) is 17.4. The lowest BCUT2D eigenvalue weighted by molar-refractivity contribution is -0.0698. The Morgan fingerprint density at radius 1 is 1.22 bits per heavy atom. The van der Waals surface area contributed by atoms with E-state index in [4.69, 9.17) is 13.0 Å². The normalized spacial score (nSPS) is 25.9. The summed E-state index contributed by atoms with van der Waals surface area (Å²) in [5.74, 6) is -6.17. The van der Waals surface area contributed by atoms with Crippen molar-refractivity contribution in [3.63, 3.8) is 0 Å². The van der Waals surface area contributed by atoms with Crippen molar-refractivity contribution in [1.29, 1.82) is 0 Å². The number of ether oxygens (including phenoxy) is 1. The standard InChI is InChI=1S/C22H27F3N2O4S/c1-26(2)12-17-13-27(8-7-22(17,28)16-5-4-6-18(10-16)31-3)32(29,30)14-15-9-20(24)21(25)11-19(15)23/h4-6,9-11,17,28H,7-8,12-14H2,1-3H3/i1D3,2D3. The molecule has 0 aromatic heterocycles. The summed E-state index contributed by atoms with van der Waals surface area (Å²) < 4.78 is 120. The number of hydrogen-bond donors (Lipinski definition) is 1. The Morgan fingerprint density at radius 3 is 2.62 bits per heavy atom. The monoisotopic (exact) mass is 478 g/mol. The summed E-state index contributed by atoms with van der Waals surface area (Å²) in [7, 11) is -3.02. The third-order valence-corrected chi connectivity index (χ3v) is 7.43. The summed E-state index contributed by atoms with van der Waals surface area (Å²) >= 11 is 0. The van der Waals surface area contributed by atoms with Gasteiger partial charge in [0, 0.05) is 45.4 Å². The number of piperidine rings is 1. The smallest absolute Gasteiger partial charge is 0.218 e. The van der Waals surface area contributed by atoms with E-state index in [2.05, 4.69) is 0 Å². The maximum Gasteiger partial charge on any atom is 0.218 e. The van der Waals surface area contributed by atoms with Gasteiger partial charge in [-0.25, -0.2) is 25.9 Å². The van der Waals surface area contributed by atoms with Crippen molar-refractivity contribution < 1.29 is 39.7 Å². The van der Waals surface area contributed by atoms with Crippen LogP contribution in [0.3, 0.4) is 0 Å². The first-order chi connectivity index (χ1) is 17.4. The van der Waals surface area contributed by atoms with E-state index < -0.39 is 77.4 Å². The molecule has 3 rings (SSSR count). The van der Waals surface area contributed by atoms with E-state index >= 15 is 0 Å². The van der Waals surface area contributed by atoms with Crippen LogP contribution in [0, 0.1) is 23.4 Å². The summed E-state index contributed by atoms with van der Waals surface area (Å²) in [4.78, 5) is 0.223. The van der Waals surface area contributed by atoms with Gasteiger partial charge >= 0.3 is 0 Å². The van der Waals surface area contributed by atoms with Crippen LogP contribution in [0.4, 0.5) is 13.2 Å². The van der Waals surface area contributed by atoms with E-state index in [1.807, 2.05) is 0 Å². The second-order valence-corrected chi connectivity index (χ2v) is 9.65. The van der Waals surface area contributed by atoms with E-state index in [1.165, 1.54) is 19.2 Å². The molecule has 1 aliphatic heterocycles. The highest BCUT2D eigenvalue weighted by atomic mass is 32.2. The molecule has 1 aliphatic rings. The van der Waals surface area contributed by atoms with E-state index in [0.717, 1.165) is 4.31 Å². The van der Waals surface area contributed by atoms with Crippen molar-refractivity contribution in [2.75, 3.05) is 40.7 Å². The molecule has 0 spiro atoms. The lowest BCUT2D eigenvalue weighted by Gasteiger charge is -2.45. The van der Waals surface area contributed by atoms with Gasteiger partial charge in [-0.3, -0.25) is 0 Å². The topological polar surface area (TPSA) is 70.1 Å². The van der Waals surface area contributed by atoms with Gasteiger partial charge in [0.25, 0.3) is 0 Å². The van der Waals surface area contributed by atoms with Crippen LogP contribution < -0.4 is 4.74 Å². The fourth-order valence-corrected chi connectivity index (χ4v) is 5.48. The highest BCUT2D eigenvalue weighted by Gasteiger charge is 2.45. The number of rotatable bonds is 7. The Hall–Kier alpha value is -2.14. The molecule has 2 unspecified atom stereocenters. The molecule has 0 bridgehead atoms. The average molecular weight is 479 g/mol. The van der Waals surface area contributed by atoms with E-state index in [-0.39, 0.29) is 29.5 Å². The van der Waals surface area contributed by atoms with Crippen LogP contribution in [0.15, 0.2) is 36.4 Å². The maximum absolute atomic E-state index is 14.2. The molecule has 32 heavy (non-hydrogen) atoms. The van der Waals surface area contributed by atoms with E-state index in [9.17, 15) is 26.7 Å². The molecule has 1 N–H and O–H groups in total. The lowest BCUT2D eigenvalue weighted by Crippen LogP contribution is -2.54. The minimum absolute atomic E-state index is 0.223. The van der Waals surface area contributed by atoms with Gasteiger partial charge in [0.1, 0.15) is 11.6 Å². The molecule has 2 aromatic rings. The Bertz CT molecular complexity index is 1260. The van der Waals surface area contributed by atoms with Gasteiger partial charge < -0.3 is 14.7 Å². The van der Waals surface area contributed by atoms with Crippen molar-refractivity contribution in [2.45, 2.75) is 17.8 Å². The summed E-state index contributed by atoms with van der Waals surface area (Å²) in [6, 6.07) is 6.80. The first-order valence-corrected chi connectivity index (χ1v) is 11.3. The fraction of sp³-hybridized carbons (Fsp3) is 0.455. The van der Waals surface area contributed by atoms with Crippen LogP contribution in [0.25, 0.3) is 0 Å². The number of hydrogen-bond acceptors (Lipinski definition) is 5. The lowest BCUT2D eigenvalue weighted by atomic mass is 9.76. The molecular formula is C22H27F3N2O4S. The molecule has 6 nitrogen and oxygen atoms in total. The van der Waals surface area contributed by atoms with Gasteiger partial charge in [0.05, 0.1) is 18.5 Å².